The molecule has 3 rings (SSSR count). The van der Waals surface area contributed by atoms with Crippen molar-refractivity contribution < 1.29 is 26.0 Å². The summed E-state index contributed by atoms with van der Waals surface area (Å²) in [5.41, 5.74) is 1.20. The molecule has 164 valence electrons. The summed E-state index contributed by atoms with van der Waals surface area (Å²) in [6.07, 6.45) is -2.23. The first kappa shape index (κ1) is 24.2. The molecule has 0 bridgehead atoms. The molecule has 0 spiro atoms. The van der Waals surface area contributed by atoms with Gasteiger partial charge in [-0.3, -0.25) is 9.36 Å². The summed E-state index contributed by atoms with van der Waals surface area (Å²) in [5, 5.41) is 7.75. The molecule has 1 aromatic carbocycles. The SMILES string of the molecule is FC(F)Cn1ccc(SCc2ccccc2)n1.O=S(=O)(Cl)c1ccn(CC(F)F)n1. The van der Waals surface area contributed by atoms with Crippen LogP contribution in [0.4, 0.5) is 17.6 Å². The van der Waals surface area contributed by atoms with Gasteiger partial charge in [0.25, 0.3) is 21.9 Å². The lowest BCUT2D eigenvalue weighted by Crippen LogP contribution is -2.07. The molecule has 2 aromatic heterocycles. The van der Waals surface area contributed by atoms with Crippen LogP contribution in [0.15, 0.2) is 64.9 Å². The average Bonchev–Trinajstić information content (AvgIpc) is 3.30. The van der Waals surface area contributed by atoms with Crippen LogP contribution in [0, 0.1) is 0 Å². The minimum Gasteiger partial charge on any atom is -0.266 e. The lowest BCUT2D eigenvalue weighted by Gasteiger charge is -2.00. The molecule has 13 heteroatoms. The van der Waals surface area contributed by atoms with E-state index in [0.717, 1.165) is 27.7 Å². The van der Waals surface area contributed by atoms with Crippen molar-refractivity contribution in [3.8, 4) is 0 Å². The quantitative estimate of drug-likeness (QED) is 0.267. The number of aromatic nitrogens is 4. The summed E-state index contributed by atoms with van der Waals surface area (Å²) < 4.78 is 71.2. The van der Waals surface area contributed by atoms with Crippen molar-refractivity contribution in [1.82, 2.24) is 19.6 Å². The van der Waals surface area contributed by atoms with Crippen LogP contribution in [0.2, 0.25) is 0 Å². The normalized spacial score (nSPS) is 11.6. The summed E-state index contributed by atoms with van der Waals surface area (Å²) in [7, 11) is 0.995. The van der Waals surface area contributed by atoms with E-state index in [1.165, 1.54) is 10.2 Å². The van der Waals surface area contributed by atoms with E-state index >= 15 is 0 Å². The van der Waals surface area contributed by atoms with E-state index in [1.54, 1.807) is 24.0 Å². The minimum absolute atomic E-state index is 0.341. The van der Waals surface area contributed by atoms with E-state index in [-0.39, 0.29) is 6.54 Å². The molecule has 0 saturated heterocycles. The summed E-state index contributed by atoms with van der Waals surface area (Å²) in [4.78, 5) is 0. The Bertz CT molecular complexity index is 1010. The predicted molar refractivity (Wildman–Crippen MR) is 106 cm³/mol. The van der Waals surface area contributed by atoms with Crippen LogP contribution in [-0.4, -0.2) is 40.8 Å². The van der Waals surface area contributed by atoms with Crippen molar-refractivity contribution in [2.75, 3.05) is 0 Å². The highest BCUT2D eigenvalue weighted by Crippen LogP contribution is 2.20. The van der Waals surface area contributed by atoms with Crippen LogP contribution in [0.3, 0.4) is 0 Å². The fraction of sp³-hybridized carbons (Fsp3) is 0.294. The largest absolute Gasteiger partial charge is 0.280 e. The van der Waals surface area contributed by atoms with Gasteiger partial charge in [-0.05, 0) is 17.7 Å². The van der Waals surface area contributed by atoms with Crippen molar-refractivity contribution in [2.24, 2.45) is 0 Å². The maximum Gasteiger partial charge on any atom is 0.280 e. The second-order valence-electron chi connectivity index (χ2n) is 5.75. The van der Waals surface area contributed by atoms with Gasteiger partial charge in [0.2, 0.25) is 0 Å². The Hall–Kier alpha value is -2.05. The van der Waals surface area contributed by atoms with Gasteiger partial charge in [-0.2, -0.15) is 10.2 Å². The second-order valence-corrected chi connectivity index (χ2v) is 9.25. The number of halogens is 5. The Labute approximate surface area is 179 Å². The zero-order valence-electron chi connectivity index (χ0n) is 15.3. The first-order chi connectivity index (χ1) is 14.1. The number of hydrogen-bond acceptors (Lipinski definition) is 5. The number of alkyl halides is 4. The Morgan fingerprint density at radius 1 is 0.900 bits per heavy atom. The summed E-state index contributed by atoms with van der Waals surface area (Å²) >= 11 is 1.54. The molecule has 0 radical (unpaired) electrons. The molecular weight excluding hydrogens is 468 g/mol. The van der Waals surface area contributed by atoms with Crippen molar-refractivity contribution in [1.29, 1.82) is 0 Å². The van der Waals surface area contributed by atoms with E-state index in [9.17, 15) is 26.0 Å². The van der Waals surface area contributed by atoms with E-state index in [2.05, 4.69) is 10.2 Å². The van der Waals surface area contributed by atoms with Gasteiger partial charge in [0.1, 0.15) is 18.1 Å². The maximum absolute atomic E-state index is 12.1. The van der Waals surface area contributed by atoms with Crippen LogP contribution in [0.25, 0.3) is 0 Å². The Morgan fingerprint density at radius 2 is 1.47 bits per heavy atom. The first-order valence-electron chi connectivity index (χ1n) is 8.38. The van der Waals surface area contributed by atoms with E-state index in [1.807, 2.05) is 30.3 Å². The molecule has 0 aliphatic carbocycles. The molecule has 0 atom stereocenters. The van der Waals surface area contributed by atoms with E-state index in [0.29, 0.717) is 0 Å². The van der Waals surface area contributed by atoms with Crippen LogP contribution in [-0.2, 0) is 27.9 Å². The fourth-order valence-corrected chi connectivity index (χ4v) is 3.61. The summed E-state index contributed by atoms with van der Waals surface area (Å²) in [6, 6.07) is 12.8. The van der Waals surface area contributed by atoms with Crippen LogP contribution >= 0.6 is 22.4 Å². The number of rotatable bonds is 8. The fourth-order valence-electron chi connectivity index (χ4n) is 2.11. The molecule has 6 nitrogen and oxygen atoms in total. The molecule has 0 fully saturated rings. The van der Waals surface area contributed by atoms with Crippen LogP contribution in [0.5, 0.6) is 0 Å². The zero-order valence-corrected chi connectivity index (χ0v) is 17.7. The number of hydrogen-bond donors (Lipinski definition) is 0. The molecular formula is C17H17ClF4N4O2S2. The average molecular weight is 485 g/mol. The van der Waals surface area contributed by atoms with Gasteiger partial charge in [0, 0.05) is 28.8 Å². The molecule has 0 N–H and O–H groups in total. The monoisotopic (exact) mass is 484 g/mol. The molecule has 2 heterocycles. The van der Waals surface area contributed by atoms with Gasteiger partial charge in [0.05, 0.1) is 0 Å². The van der Waals surface area contributed by atoms with Gasteiger partial charge in [-0.25, -0.2) is 26.0 Å². The lowest BCUT2D eigenvalue weighted by molar-refractivity contribution is 0.121. The van der Waals surface area contributed by atoms with Crippen molar-refractivity contribution in [3.05, 3.63) is 60.4 Å². The number of nitrogens with zero attached hydrogens (tertiary/aromatic N) is 4. The number of benzene rings is 1. The van der Waals surface area contributed by atoms with Crippen LogP contribution in [0.1, 0.15) is 5.56 Å². The Kier molecular flexibility index (Phi) is 9.18. The lowest BCUT2D eigenvalue weighted by atomic mass is 10.2. The predicted octanol–water partition coefficient (Wildman–Crippen LogP) is 4.52. The second kappa shape index (κ2) is 11.4. The van der Waals surface area contributed by atoms with Crippen molar-refractivity contribution >= 4 is 31.5 Å². The van der Waals surface area contributed by atoms with Gasteiger partial charge in [-0.15, -0.1) is 0 Å². The zero-order chi connectivity index (χ0) is 22.1. The molecule has 0 aliphatic heterocycles. The highest BCUT2D eigenvalue weighted by atomic mass is 35.7. The first-order valence-corrected chi connectivity index (χ1v) is 11.7. The van der Waals surface area contributed by atoms with Gasteiger partial charge < -0.3 is 0 Å². The standard InChI is InChI=1S/C12H12F2N2S.C5H5ClF2N2O2S/c13-11(14)8-16-7-6-12(15-16)17-9-10-4-2-1-3-5-10;6-13(11,12)5-1-2-10(9-5)3-4(7)8/h1-7,11H,8-9H2;1-2,4H,3H2. The highest BCUT2D eigenvalue weighted by molar-refractivity contribution is 8.13. The third-order valence-corrected chi connectivity index (χ3v) is 5.54. The Balaban J connectivity index is 0.000000222. The highest BCUT2D eigenvalue weighted by Gasteiger charge is 2.14. The Morgan fingerprint density at radius 3 is 2.00 bits per heavy atom. The third-order valence-electron chi connectivity index (χ3n) is 3.36. The van der Waals surface area contributed by atoms with Gasteiger partial charge in [0.15, 0.2) is 5.03 Å². The summed E-state index contributed by atoms with van der Waals surface area (Å²) in [5.74, 6) is 0.798. The topological polar surface area (TPSA) is 69.8 Å². The minimum atomic E-state index is -3.92. The number of thioether (sulfide) groups is 1. The van der Waals surface area contributed by atoms with E-state index in [4.69, 9.17) is 10.7 Å². The van der Waals surface area contributed by atoms with Gasteiger partial charge >= 0.3 is 0 Å². The molecule has 30 heavy (non-hydrogen) atoms. The van der Waals surface area contributed by atoms with E-state index < -0.39 is 33.5 Å². The maximum atomic E-state index is 12.1. The molecule has 0 unspecified atom stereocenters. The summed E-state index contributed by atoms with van der Waals surface area (Å²) in [6.45, 7) is -0.988. The molecule has 0 aliphatic rings. The molecule has 0 saturated carbocycles. The smallest absolute Gasteiger partial charge is 0.266 e. The third kappa shape index (κ3) is 8.76. The van der Waals surface area contributed by atoms with Crippen LogP contribution < -0.4 is 0 Å². The molecule has 0 amide bonds. The molecule has 3 aromatic rings. The van der Waals surface area contributed by atoms with Crippen molar-refractivity contribution in [3.63, 3.8) is 0 Å². The van der Waals surface area contributed by atoms with Crippen molar-refractivity contribution in [2.45, 2.75) is 41.7 Å². The van der Waals surface area contributed by atoms with Gasteiger partial charge in [-0.1, -0.05) is 42.1 Å².